The molecule has 112 valence electrons. The molecule has 0 radical (unpaired) electrons. The van der Waals surface area contributed by atoms with E-state index in [0.29, 0.717) is 25.7 Å². The lowest BCUT2D eigenvalue weighted by Gasteiger charge is -2.15. The number of aliphatic hydroxyl groups excluding tert-OH is 1. The van der Waals surface area contributed by atoms with Gasteiger partial charge in [0.25, 0.3) is 0 Å². The van der Waals surface area contributed by atoms with Gasteiger partial charge in [-0.3, -0.25) is 4.79 Å². The zero-order valence-electron chi connectivity index (χ0n) is 12.6. The lowest BCUT2D eigenvalue weighted by Crippen LogP contribution is -2.31. The highest BCUT2D eigenvalue weighted by molar-refractivity contribution is 5.83. The highest BCUT2D eigenvalue weighted by Crippen LogP contribution is 2.21. The van der Waals surface area contributed by atoms with Crippen molar-refractivity contribution in [3.8, 4) is 0 Å². The van der Waals surface area contributed by atoms with Crippen molar-refractivity contribution >= 4 is 5.91 Å². The van der Waals surface area contributed by atoms with Crippen molar-refractivity contribution in [2.75, 3.05) is 26.4 Å². The van der Waals surface area contributed by atoms with Crippen LogP contribution in [0, 0.1) is 0 Å². The highest BCUT2D eigenvalue weighted by Gasteiger charge is 2.15. The molecule has 0 saturated heterocycles. The summed E-state index contributed by atoms with van der Waals surface area (Å²) in [5.74, 6) is 0.280. The van der Waals surface area contributed by atoms with E-state index in [1.165, 1.54) is 5.56 Å². The number of hydrogen-bond acceptors (Lipinski definition) is 3. The minimum Gasteiger partial charge on any atom is -0.394 e. The second-order valence-electron chi connectivity index (χ2n) is 5.17. The van der Waals surface area contributed by atoms with Crippen LogP contribution in [0.25, 0.3) is 0 Å². The SMILES string of the molecule is CC(C)c1cccc(C(C)C(=O)NCCOCCO)c1. The van der Waals surface area contributed by atoms with Gasteiger partial charge in [0.15, 0.2) is 0 Å². The molecule has 2 N–H and O–H groups in total. The molecule has 0 aliphatic heterocycles. The summed E-state index contributed by atoms with van der Waals surface area (Å²) in [6.07, 6.45) is 0. The van der Waals surface area contributed by atoms with Crippen molar-refractivity contribution in [3.05, 3.63) is 35.4 Å². The molecule has 0 aliphatic carbocycles. The van der Waals surface area contributed by atoms with Gasteiger partial charge in [0.2, 0.25) is 5.91 Å². The molecule has 1 rings (SSSR count). The molecule has 1 aromatic carbocycles. The fourth-order valence-corrected chi connectivity index (χ4v) is 1.90. The van der Waals surface area contributed by atoms with Crippen molar-refractivity contribution in [2.24, 2.45) is 0 Å². The molecule has 4 heteroatoms. The lowest BCUT2D eigenvalue weighted by atomic mass is 9.94. The van der Waals surface area contributed by atoms with Gasteiger partial charge in [0, 0.05) is 6.54 Å². The third-order valence-corrected chi connectivity index (χ3v) is 3.25. The van der Waals surface area contributed by atoms with Gasteiger partial charge in [-0.1, -0.05) is 38.1 Å². The minimum atomic E-state index is -0.174. The second kappa shape index (κ2) is 8.72. The number of carbonyl (C=O) groups excluding carboxylic acids is 1. The first-order chi connectivity index (χ1) is 9.56. The van der Waals surface area contributed by atoms with Crippen molar-refractivity contribution in [1.82, 2.24) is 5.32 Å². The predicted octanol–water partition coefficient (Wildman–Crippen LogP) is 2.04. The monoisotopic (exact) mass is 279 g/mol. The number of hydrogen-bond donors (Lipinski definition) is 2. The van der Waals surface area contributed by atoms with E-state index in [1.807, 2.05) is 19.1 Å². The smallest absolute Gasteiger partial charge is 0.227 e. The molecular formula is C16H25NO3. The van der Waals surface area contributed by atoms with Crippen LogP contribution in [-0.4, -0.2) is 37.4 Å². The third kappa shape index (κ3) is 5.31. The van der Waals surface area contributed by atoms with Gasteiger partial charge in [-0.25, -0.2) is 0 Å². The standard InChI is InChI=1S/C16H25NO3/c1-12(2)14-5-4-6-15(11-14)13(3)16(19)17-7-9-20-10-8-18/h4-6,11-13,18H,7-10H2,1-3H3,(H,17,19). The van der Waals surface area contributed by atoms with E-state index in [9.17, 15) is 4.79 Å². The van der Waals surface area contributed by atoms with Crippen LogP contribution in [0.15, 0.2) is 24.3 Å². The number of carbonyl (C=O) groups is 1. The summed E-state index contributed by atoms with van der Waals surface area (Å²) in [6, 6.07) is 8.16. The summed E-state index contributed by atoms with van der Waals surface area (Å²) in [4.78, 5) is 12.0. The summed E-state index contributed by atoms with van der Waals surface area (Å²) >= 11 is 0. The predicted molar refractivity (Wildman–Crippen MR) is 79.9 cm³/mol. The van der Waals surface area contributed by atoms with Crippen LogP contribution >= 0.6 is 0 Å². The van der Waals surface area contributed by atoms with Crippen LogP contribution in [0.5, 0.6) is 0 Å². The molecular weight excluding hydrogens is 254 g/mol. The maximum Gasteiger partial charge on any atom is 0.227 e. The molecule has 0 aliphatic rings. The maximum absolute atomic E-state index is 12.0. The average molecular weight is 279 g/mol. The van der Waals surface area contributed by atoms with Crippen molar-refractivity contribution in [1.29, 1.82) is 0 Å². The number of amides is 1. The summed E-state index contributed by atoms with van der Waals surface area (Å²) in [7, 11) is 0. The Morgan fingerprint density at radius 1 is 1.25 bits per heavy atom. The van der Waals surface area contributed by atoms with Crippen molar-refractivity contribution in [3.63, 3.8) is 0 Å². The molecule has 4 nitrogen and oxygen atoms in total. The van der Waals surface area contributed by atoms with E-state index in [1.54, 1.807) is 0 Å². The van der Waals surface area contributed by atoms with Crippen LogP contribution in [0.3, 0.4) is 0 Å². The van der Waals surface area contributed by atoms with Crippen LogP contribution in [0.1, 0.15) is 43.7 Å². The fraction of sp³-hybridized carbons (Fsp3) is 0.562. The number of benzene rings is 1. The molecule has 0 aromatic heterocycles. The summed E-state index contributed by atoms with van der Waals surface area (Å²) in [5.41, 5.74) is 2.28. The van der Waals surface area contributed by atoms with E-state index < -0.39 is 0 Å². The number of aliphatic hydroxyl groups is 1. The molecule has 1 amide bonds. The van der Waals surface area contributed by atoms with Crippen LogP contribution in [0.4, 0.5) is 0 Å². The first-order valence-electron chi connectivity index (χ1n) is 7.12. The average Bonchev–Trinajstić information content (AvgIpc) is 2.46. The molecule has 0 heterocycles. The van der Waals surface area contributed by atoms with Crippen molar-refractivity contribution in [2.45, 2.75) is 32.6 Å². The number of ether oxygens (including phenoxy) is 1. The molecule has 0 fully saturated rings. The van der Waals surface area contributed by atoms with Gasteiger partial charge in [-0.05, 0) is 24.0 Å². The zero-order valence-corrected chi connectivity index (χ0v) is 12.6. The fourth-order valence-electron chi connectivity index (χ4n) is 1.90. The summed E-state index contributed by atoms with van der Waals surface area (Å²) < 4.78 is 5.10. The number of rotatable bonds is 8. The normalized spacial score (nSPS) is 12.4. The Morgan fingerprint density at radius 3 is 2.60 bits per heavy atom. The van der Waals surface area contributed by atoms with E-state index in [2.05, 4.69) is 31.3 Å². The van der Waals surface area contributed by atoms with Crippen molar-refractivity contribution < 1.29 is 14.6 Å². The van der Waals surface area contributed by atoms with E-state index >= 15 is 0 Å². The van der Waals surface area contributed by atoms with Crippen LogP contribution < -0.4 is 5.32 Å². The molecule has 20 heavy (non-hydrogen) atoms. The topological polar surface area (TPSA) is 58.6 Å². The summed E-state index contributed by atoms with van der Waals surface area (Å²) in [5, 5.41) is 11.4. The second-order valence-corrected chi connectivity index (χ2v) is 5.17. The largest absolute Gasteiger partial charge is 0.394 e. The van der Waals surface area contributed by atoms with E-state index in [0.717, 1.165) is 5.56 Å². The lowest BCUT2D eigenvalue weighted by molar-refractivity contribution is -0.122. The molecule has 1 unspecified atom stereocenters. The Balaban J connectivity index is 2.49. The molecule has 1 aromatic rings. The number of nitrogens with one attached hydrogen (secondary N) is 1. The van der Waals surface area contributed by atoms with E-state index in [-0.39, 0.29) is 18.4 Å². The van der Waals surface area contributed by atoms with Gasteiger partial charge >= 0.3 is 0 Å². The van der Waals surface area contributed by atoms with Gasteiger partial charge in [-0.15, -0.1) is 0 Å². The first kappa shape index (κ1) is 16.7. The Bertz CT molecular complexity index is 418. The van der Waals surface area contributed by atoms with Gasteiger partial charge in [0.1, 0.15) is 0 Å². The summed E-state index contributed by atoms with van der Waals surface area (Å²) in [6.45, 7) is 7.39. The maximum atomic E-state index is 12.0. The quantitative estimate of drug-likeness (QED) is 0.716. The van der Waals surface area contributed by atoms with Gasteiger partial charge < -0.3 is 15.2 Å². The molecule has 1 atom stereocenters. The Hall–Kier alpha value is -1.39. The zero-order chi connectivity index (χ0) is 15.0. The van der Waals surface area contributed by atoms with Gasteiger partial charge in [0.05, 0.1) is 25.7 Å². The molecule has 0 bridgehead atoms. The highest BCUT2D eigenvalue weighted by atomic mass is 16.5. The Labute approximate surface area is 121 Å². The molecule has 0 spiro atoms. The first-order valence-corrected chi connectivity index (χ1v) is 7.12. The van der Waals surface area contributed by atoms with Gasteiger partial charge in [-0.2, -0.15) is 0 Å². The van der Waals surface area contributed by atoms with Crippen LogP contribution in [0.2, 0.25) is 0 Å². The molecule has 0 saturated carbocycles. The van der Waals surface area contributed by atoms with Crippen LogP contribution in [-0.2, 0) is 9.53 Å². The Kier molecular flexibility index (Phi) is 7.26. The van der Waals surface area contributed by atoms with E-state index in [4.69, 9.17) is 9.84 Å². The third-order valence-electron chi connectivity index (χ3n) is 3.25. The Morgan fingerprint density at radius 2 is 1.95 bits per heavy atom. The minimum absolute atomic E-state index is 0.00138.